The Labute approximate surface area is 199 Å². The van der Waals surface area contributed by atoms with E-state index in [0.717, 1.165) is 5.56 Å². The Bertz CT molecular complexity index is 790. The van der Waals surface area contributed by atoms with Crippen LogP contribution in [0.25, 0.3) is 0 Å². The van der Waals surface area contributed by atoms with E-state index in [2.05, 4.69) is 16.0 Å². The van der Waals surface area contributed by atoms with Gasteiger partial charge in [0.25, 0.3) is 0 Å². The van der Waals surface area contributed by atoms with Crippen molar-refractivity contribution >= 4 is 35.5 Å². The van der Waals surface area contributed by atoms with E-state index < -0.39 is 47.9 Å². The number of amides is 3. The molecule has 0 aliphatic carbocycles. The van der Waals surface area contributed by atoms with Crippen LogP contribution < -0.4 is 21.7 Å². The molecule has 0 aliphatic heterocycles. The van der Waals surface area contributed by atoms with E-state index in [0.29, 0.717) is 25.0 Å². The van der Waals surface area contributed by atoms with Crippen molar-refractivity contribution in [1.82, 2.24) is 16.0 Å². The van der Waals surface area contributed by atoms with Gasteiger partial charge in [0.1, 0.15) is 18.1 Å². The predicted octanol–water partition coefficient (Wildman–Crippen LogP) is 0.915. The second-order valence-corrected chi connectivity index (χ2v) is 9.38. The van der Waals surface area contributed by atoms with Crippen LogP contribution in [0.5, 0.6) is 0 Å². The lowest BCUT2D eigenvalue weighted by Crippen LogP contribution is -2.57. The fourth-order valence-corrected chi connectivity index (χ4v) is 3.57. The number of thioether (sulfide) groups is 1. The molecule has 4 atom stereocenters. The van der Waals surface area contributed by atoms with E-state index in [4.69, 9.17) is 10.8 Å². The molecule has 0 spiro atoms. The maximum Gasteiger partial charge on any atom is 0.325 e. The Morgan fingerprint density at radius 3 is 2.06 bits per heavy atom. The molecule has 184 valence electrons. The number of nitrogens with two attached hydrogens (primary N) is 1. The highest BCUT2D eigenvalue weighted by Crippen LogP contribution is 2.09. The first kappa shape index (κ1) is 28.4. The molecule has 33 heavy (non-hydrogen) atoms. The first-order chi connectivity index (χ1) is 15.5. The van der Waals surface area contributed by atoms with E-state index in [1.165, 1.54) is 18.7 Å². The first-order valence-corrected chi connectivity index (χ1v) is 12.4. The fraction of sp³-hybridized carbons (Fsp3) is 0.565. The van der Waals surface area contributed by atoms with Crippen LogP contribution >= 0.6 is 11.8 Å². The number of carbonyl (C=O) groups excluding carboxylic acids is 3. The smallest absolute Gasteiger partial charge is 0.325 e. The number of nitrogens with one attached hydrogen (secondary N) is 3. The Morgan fingerprint density at radius 1 is 0.939 bits per heavy atom. The first-order valence-electron chi connectivity index (χ1n) is 11.0. The summed E-state index contributed by atoms with van der Waals surface area (Å²) in [6.45, 7) is 5.13. The summed E-state index contributed by atoms with van der Waals surface area (Å²) >= 11 is 1.53. The average Bonchev–Trinajstić information content (AvgIpc) is 2.75. The maximum atomic E-state index is 13.0. The SMILES string of the molecule is CSCCC(NC(=O)C(N)Cc1ccccc1)C(=O)NC(CC(C)C)C(=O)NC(C)C(=O)O. The van der Waals surface area contributed by atoms with E-state index in [1.54, 1.807) is 0 Å². The molecule has 1 rings (SSSR count). The minimum Gasteiger partial charge on any atom is -0.480 e. The summed E-state index contributed by atoms with van der Waals surface area (Å²) in [5.74, 6) is -2.03. The van der Waals surface area contributed by atoms with E-state index in [-0.39, 0.29) is 5.92 Å². The van der Waals surface area contributed by atoms with E-state index in [9.17, 15) is 19.2 Å². The van der Waals surface area contributed by atoms with Crippen molar-refractivity contribution in [3.63, 3.8) is 0 Å². The minimum atomic E-state index is -1.17. The molecular weight excluding hydrogens is 444 g/mol. The molecule has 10 heteroatoms. The van der Waals surface area contributed by atoms with E-state index >= 15 is 0 Å². The zero-order valence-electron chi connectivity index (χ0n) is 19.7. The number of hydrogen-bond acceptors (Lipinski definition) is 6. The van der Waals surface area contributed by atoms with Crippen molar-refractivity contribution in [2.75, 3.05) is 12.0 Å². The van der Waals surface area contributed by atoms with Gasteiger partial charge in [-0.05, 0) is 49.7 Å². The highest BCUT2D eigenvalue weighted by atomic mass is 32.2. The maximum absolute atomic E-state index is 13.0. The lowest BCUT2D eigenvalue weighted by Gasteiger charge is -2.25. The predicted molar refractivity (Wildman–Crippen MR) is 130 cm³/mol. The third-order valence-electron chi connectivity index (χ3n) is 4.95. The molecule has 4 unspecified atom stereocenters. The molecule has 0 bridgehead atoms. The molecule has 0 aliphatic rings. The Kier molecular flexibility index (Phi) is 12.5. The van der Waals surface area contributed by atoms with Crippen LogP contribution in [0.4, 0.5) is 0 Å². The van der Waals surface area contributed by atoms with Gasteiger partial charge in [-0.25, -0.2) is 0 Å². The third kappa shape index (κ3) is 10.7. The van der Waals surface area contributed by atoms with Crippen molar-refractivity contribution in [1.29, 1.82) is 0 Å². The largest absolute Gasteiger partial charge is 0.480 e. The number of aliphatic carboxylic acids is 1. The molecule has 1 aromatic rings. The highest BCUT2D eigenvalue weighted by Gasteiger charge is 2.29. The topological polar surface area (TPSA) is 151 Å². The lowest BCUT2D eigenvalue weighted by atomic mass is 10.0. The number of carbonyl (C=O) groups is 4. The van der Waals surface area contributed by atoms with Crippen LogP contribution in [0.15, 0.2) is 30.3 Å². The van der Waals surface area contributed by atoms with Crippen molar-refractivity contribution in [2.24, 2.45) is 11.7 Å². The number of rotatable bonds is 14. The normalized spacial score (nSPS) is 14.6. The van der Waals surface area contributed by atoms with Gasteiger partial charge in [-0.15, -0.1) is 0 Å². The zero-order chi connectivity index (χ0) is 25.0. The Morgan fingerprint density at radius 2 is 1.52 bits per heavy atom. The summed E-state index contributed by atoms with van der Waals surface area (Å²) in [5, 5.41) is 16.8. The molecule has 0 heterocycles. The molecule has 9 nitrogen and oxygen atoms in total. The zero-order valence-corrected chi connectivity index (χ0v) is 20.5. The van der Waals surface area contributed by atoms with Gasteiger partial charge in [0.05, 0.1) is 6.04 Å². The van der Waals surface area contributed by atoms with Gasteiger partial charge >= 0.3 is 5.97 Å². The van der Waals surface area contributed by atoms with Gasteiger partial charge in [0.15, 0.2) is 0 Å². The summed E-state index contributed by atoms with van der Waals surface area (Å²) in [5.41, 5.74) is 6.96. The van der Waals surface area contributed by atoms with Gasteiger partial charge in [0, 0.05) is 0 Å². The standard InChI is InChI=1S/C23H36N4O5S/c1-14(2)12-19(22(30)25-15(3)23(31)32)27-21(29)18(10-11-33-4)26-20(28)17(24)13-16-8-6-5-7-9-16/h5-9,14-15,17-19H,10-13,24H2,1-4H3,(H,25,30)(H,26,28)(H,27,29)(H,31,32). The third-order valence-corrected chi connectivity index (χ3v) is 5.59. The van der Waals surface area contributed by atoms with Gasteiger partial charge in [0.2, 0.25) is 17.7 Å². The molecule has 0 aromatic heterocycles. The fourth-order valence-electron chi connectivity index (χ4n) is 3.09. The summed E-state index contributed by atoms with van der Waals surface area (Å²) in [6.07, 6.45) is 2.90. The number of hydrogen-bond donors (Lipinski definition) is 5. The van der Waals surface area contributed by atoms with Gasteiger partial charge in [-0.2, -0.15) is 11.8 Å². The highest BCUT2D eigenvalue weighted by molar-refractivity contribution is 7.98. The average molecular weight is 481 g/mol. The number of benzene rings is 1. The van der Waals surface area contributed by atoms with Crippen LogP contribution in [-0.2, 0) is 25.6 Å². The van der Waals surface area contributed by atoms with Crippen molar-refractivity contribution < 1.29 is 24.3 Å². The van der Waals surface area contributed by atoms with Crippen molar-refractivity contribution in [2.45, 2.75) is 64.2 Å². The molecule has 0 saturated heterocycles. The second-order valence-electron chi connectivity index (χ2n) is 8.40. The summed E-state index contributed by atoms with van der Waals surface area (Å²) < 4.78 is 0. The Hall–Kier alpha value is -2.59. The van der Waals surface area contributed by atoms with Crippen LogP contribution in [0.3, 0.4) is 0 Å². The molecule has 0 fully saturated rings. The molecule has 0 saturated carbocycles. The van der Waals surface area contributed by atoms with Crippen LogP contribution in [0.1, 0.15) is 39.2 Å². The minimum absolute atomic E-state index is 0.0692. The molecule has 1 aromatic carbocycles. The Balaban J connectivity index is 2.87. The van der Waals surface area contributed by atoms with Crippen LogP contribution in [-0.4, -0.2) is 65.0 Å². The van der Waals surface area contributed by atoms with E-state index in [1.807, 2.05) is 50.4 Å². The van der Waals surface area contributed by atoms with Gasteiger partial charge in [-0.3, -0.25) is 19.2 Å². The molecule has 0 radical (unpaired) electrons. The lowest BCUT2D eigenvalue weighted by molar-refractivity contribution is -0.141. The van der Waals surface area contributed by atoms with Crippen molar-refractivity contribution in [3.8, 4) is 0 Å². The van der Waals surface area contributed by atoms with Crippen LogP contribution in [0, 0.1) is 5.92 Å². The molecule has 6 N–H and O–H groups in total. The summed E-state index contributed by atoms with van der Waals surface area (Å²) in [4.78, 5) is 49.4. The summed E-state index contributed by atoms with van der Waals surface area (Å²) in [6, 6.07) is 5.63. The number of carboxylic acids is 1. The van der Waals surface area contributed by atoms with Gasteiger partial charge < -0.3 is 26.8 Å². The second kappa shape index (κ2) is 14.5. The monoisotopic (exact) mass is 480 g/mol. The van der Waals surface area contributed by atoms with Crippen LogP contribution in [0.2, 0.25) is 0 Å². The van der Waals surface area contributed by atoms with Gasteiger partial charge in [-0.1, -0.05) is 44.2 Å². The molecule has 3 amide bonds. The van der Waals surface area contributed by atoms with Crippen molar-refractivity contribution in [3.05, 3.63) is 35.9 Å². The number of carboxylic acid groups (broad SMARTS) is 1. The summed E-state index contributed by atoms with van der Waals surface area (Å²) in [7, 11) is 0. The quantitative estimate of drug-likeness (QED) is 0.266. The molecular formula is C23H36N4O5S.